The van der Waals surface area contributed by atoms with Crippen molar-refractivity contribution in [2.24, 2.45) is 16.5 Å². The number of rotatable bonds is 4. The molecule has 0 fully saturated rings. The fourth-order valence-corrected chi connectivity index (χ4v) is 1.95. The maximum atomic E-state index is 7.44. The van der Waals surface area contributed by atoms with Crippen molar-refractivity contribution in [2.75, 3.05) is 6.54 Å². The van der Waals surface area contributed by atoms with Crippen molar-refractivity contribution in [3.63, 3.8) is 0 Å². The quantitative estimate of drug-likeness (QED) is 0.582. The highest BCUT2D eigenvalue weighted by molar-refractivity contribution is 6.35. The molecule has 5 nitrogen and oxygen atoms in total. The van der Waals surface area contributed by atoms with E-state index in [0.29, 0.717) is 23.1 Å². The molecule has 1 aromatic carbocycles. The van der Waals surface area contributed by atoms with E-state index < -0.39 is 0 Å². The Morgan fingerprint density at radius 3 is 2.50 bits per heavy atom. The van der Waals surface area contributed by atoms with Gasteiger partial charge in [-0.25, -0.2) is 4.99 Å². The van der Waals surface area contributed by atoms with Crippen LogP contribution in [0.2, 0.25) is 10.0 Å². The first-order chi connectivity index (χ1) is 8.95. The summed E-state index contributed by atoms with van der Waals surface area (Å²) < 4.78 is 0. The Kier molecular flexibility index (Phi) is 8.37. The second-order valence-electron chi connectivity index (χ2n) is 3.95. The molecule has 0 spiro atoms. The average molecular weight is 339 g/mol. The summed E-state index contributed by atoms with van der Waals surface area (Å²) in [5, 5.41) is 8.55. The Hall–Kier alpha value is -1.17. The Labute approximate surface area is 134 Å². The summed E-state index contributed by atoms with van der Waals surface area (Å²) >= 11 is 11.9. The highest BCUT2D eigenvalue weighted by Gasteiger charge is 2.09. The molecule has 0 atom stereocenters. The Morgan fingerprint density at radius 1 is 1.35 bits per heavy atom. The van der Waals surface area contributed by atoms with Gasteiger partial charge in [0.25, 0.3) is 0 Å². The summed E-state index contributed by atoms with van der Waals surface area (Å²) in [4.78, 5) is 5.65. The van der Waals surface area contributed by atoms with Gasteiger partial charge in [0, 0.05) is 16.6 Å². The van der Waals surface area contributed by atoms with E-state index in [1.54, 1.807) is 18.2 Å². The average Bonchev–Trinajstić information content (AvgIpc) is 2.34. The van der Waals surface area contributed by atoms with Crippen LogP contribution < -0.4 is 11.5 Å². The molecule has 112 valence electrons. The van der Waals surface area contributed by atoms with Gasteiger partial charge in [-0.2, -0.15) is 0 Å². The predicted molar refractivity (Wildman–Crippen MR) is 87.9 cm³/mol. The molecule has 8 heteroatoms. The third-order valence-corrected chi connectivity index (χ3v) is 3.03. The lowest BCUT2D eigenvalue weighted by Crippen LogP contribution is -2.45. The van der Waals surface area contributed by atoms with E-state index in [2.05, 4.69) is 4.99 Å². The number of hydrogen-bond donors (Lipinski definition) is 3. The van der Waals surface area contributed by atoms with Gasteiger partial charge >= 0.3 is 0 Å². The van der Waals surface area contributed by atoms with Gasteiger partial charge < -0.3 is 11.5 Å². The van der Waals surface area contributed by atoms with Crippen molar-refractivity contribution < 1.29 is 0 Å². The molecule has 0 aromatic heterocycles. The molecule has 0 aliphatic rings. The van der Waals surface area contributed by atoms with E-state index in [1.165, 1.54) is 4.90 Å². The molecular formula is C12H18Cl3N5. The Morgan fingerprint density at radius 2 is 2.00 bits per heavy atom. The van der Waals surface area contributed by atoms with Crippen LogP contribution in [0.4, 0.5) is 0 Å². The van der Waals surface area contributed by atoms with Gasteiger partial charge in [-0.3, -0.25) is 10.3 Å². The van der Waals surface area contributed by atoms with Crippen molar-refractivity contribution in [3.8, 4) is 0 Å². The van der Waals surface area contributed by atoms with Gasteiger partial charge in [-0.1, -0.05) is 36.2 Å². The van der Waals surface area contributed by atoms with E-state index >= 15 is 0 Å². The minimum atomic E-state index is -0.120. The third kappa shape index (κ3) is 5.45. The minimum Gasteiger partial charge on any atom is -0.370 e. The second-order valence-corrected chi connectivity index (χ2v) is 4.79. The van der Waals surface area contributed by atoms with E-state index in [-0.39, 0.29) is 24.3 Å². The molecule has 0 heterocycles. The summed E-state index contributed by atoms with van der Waals surface area (Å²) in [5.74, 6) is 0.0886. The van der Waals surface area contributed by atoms with Gasteiger partial charge in [0.05, 0.1) is 6.54 Å². The highest BCUT2D eigenvalue weighted by Crippen LogP contribution is 2.21. The lowest BCUT2D eigenvalue weighted by Gasteiger charge is -2.20. The summed E-state index contributed by atoms with van der Waals surface area (Å²) in [7, 11) is 0. The van der Waals surface area contributed by atoms with Crippen LogP contribution in [0.5, 0.6) is 0 Å². The van der Waals surface area contributed by atoms with Crippen molar-refractivity contribution in [3.05, 3.63) is 33.8 Å². The van der Waals surface area contributed by atoms with Crippen molar-refractivity contribution >= 4 is 47.5 Å². The second kappa shape index (κ2) is 8.89. The SMILES string of the molecule is CCCN(C(=N)N)C(N)=NCc1ccc(Cl)cc1Cl.Cl. The van der Waals surface area contributed by atoms with E-state index in [9.17, 15) is 0 Å². The zero-order valence-electron chi connectivity index (χ0n) is 11.1. The molecule has 1 rings (SSSR count). The number of nitrogens with two attached hydrogens (primary N) is 2. The molecule has 0 aliphatic heterocycles. The number of hydrogen-bond acceptors (Lipinski definition) is 2. The van der Waals surface area contributed by atoms with Crippen LogP contribution in [0.15, 0.2) is 23.2 Å². The smallest absolute Gasteiger partial charge is 0.198 e. The van der Waals surface area contributed by atoms with Crippen molar-refractivity contribution in [1.82, 2.24) is 4.90 Å². The van der Waals surface area contributed by atoms with Crippen molar-refractivity contribution in [1.29, 1.82) is 5.41 Å². The summed E-state index contributed by atoms with van der Waals surface area (Å²) in [5.41, 5.74) is 12.1. The number of nitrogens with one attached hydrogen (secondary N) is 1. The number of guanidine groups is 2. The van der Waals surface area contributed by atoms with E-state index in [4.69, 9.17) is 40.1 Å². The molecule has 0 amide bonds. The molecule has 20 heavy (non-hydrogen) atoms. The number of benzene rings is 1. The normalized spacial score (nSPS) is 10.8. The zero-order chi connectivity index (χ0) is 14.4. The molecule has 0 bridgehead atoms. The van der Waals surface area contributed by atoms with Gasteiger partial charge in [-0.15, -0.1) is 12.4 Å². The van der Waals surface area contributed by atoms with Gasteiger partial charge in [0.15, 0.2) is 11.9 Å². The van der Waals surface area contributed by atoms with Crippen LogP contribution in [-0.2, 0) is 6.54 Å². The number of halogens is 3. The maximum absolute atomic E-state index is 7.44. The van der Waals surface area contributed by atoms with Crippen LogP contribution in [0, 0.1) is 5.41 Å². The maximum Gasteiger partial charge on any atom is 0.198 e. The largest absolute Gasteiger partial charge is 0.370 e. The van der Waals surface area contributed by atoms with Crippen LogP contribution >= 0.6 is 35.6 Å². The van der Waals surface area contributed by atoms with Crippen LogP contribution in [0.1, 0.15) is 18.9 Å². The molecule has 0 saturated carbocycles. The highest BCUT2D eigenvalue weighted by atomic mass is 35.5. The predicted octanol–water partition coefficient (Wildman–Crippen LogP) is 2.84. The number of nitrogens with zero attached hydrogens (tertiary/aromatic N) is 2. The number of aliphatic imine (C=N–C) groups is 1. The standard InChI is InChI=1S/C12H17Cl2N5.ClH/c1-2-5-19(11(15)16)12(17)18-7-8-3-4-9(13)6-10(8)14;/h3-4,6H,2,5,7H2,1H3,(H3,15,16)(H2,17,18);1H. The molecule has 0 radical (unpaired) electrons. The van der Waals surface area contributed by atoms with E-state index in [0.717, 1.165) is 12.0 Å². The lowest BCUT2D eigenvalue weighted by molar-refractivity contribution is 0.575. The Bertz CT molecular complexity index is 490. The minimum absolute atomic E-state index is 0. The van der Waals surface area contributed by atoms with Gasteiger partial charge in [0.2, 0.25) is 0 Å². The van der Waals surface area contributed by atoms with Gasteiger partial charge in [-0.05, 0) is 24.1 Å². The first-order valence-corrected chi connectivity index (χ1v) is 6.56. The molecule has 1 aromatic rings. The summed E-state index contributed by atoms with van der Waals surface area (Å²) in [6.45, 7) is 2.84. The molecule has 0 aliphatic carbocycles. The topological polar surface area (TPSA) is 91.5 Å². The van der Waals surface area contributed by atoms with Crippen LogP contribution in [0.3, 0.4) is 0 Å². The molecule has 0 unspecified atom stereocenters. The monoisotopic (exact) mass is 337 g/mol. The first-order valence-electron chi connectivity index (χ1n) is 5.81. The Balaban J connectivity index is 0.00000361. The summed E-state index contributed by atoms with van der Waals surface area (Å²) in [6, 6.07) is 5.18. The third-order valence-electron chi connectivity index (χ3n) is 2.44. The van der Waals surface area contributed by atoms with Crippen molar-refractivity contribution in [2.45, 2.75) is 19.9 Å². The molecule has 5 N–H and O–H groups in total. The van der Waals surface area contributed by atoms with Crippen LogP contribution in [-0.4, -0.2) is 23.4 Å². The zero-order valence-corrected chi connectivity index (χ0v) is 13.4. The molecular weight excluding hydrogens is 321 g/mol. The van der Waals surface area contributed by atoms with Crippen LogP contribution in [0.25, 0.3) is 0 Å². The summed E-state index contributed by atoms with van der Waals surface area (Å²) in [6.07, 6.45) is 0.817. The lowest BCUT2D eigenvalue weighted by atomic mass is 10.2. The molecule has 0 saturated heterocycles. The van der Waals surface area contributed by atoms with Gasteiger partial charge in [0.1, 0.15) is 0 Å². The first kappa shape index (κ1) is 18.8. The fourth-order valence-electron chi connectivity index (χ4n) is 1.48. The van der Waals surface area contributed by atoms with E-state index in [1.807, 2.05) is 6.92 Å². The fraction of sp³-hybridized carbons (Fsp3) is 0.333.